The van der Waals surface area contributed by atoms with Crippen molar-refractivity contribution in [1.82, 2.24) is 14.9 Å². The molecule has 3 aromatic rings. The van der Waals surface area contributed by atoms with Gasteiger partial charge in [-0.1, -0.05) is 12.1 Å². The highest BCUT2D eigenvalue weighted by molar-refractivity contribution is 5.94. The Morgan fingerprint density at radius 1 is 1.18 bits per heavy atom. The first-order valence-electron chi connectivity index (χ1n) is 9.64. The minimum absolute atomic E-state index is 0.0331. The number of carbonyl (C=O) groups excluding carboxylic acids is 1. The Morgan fingerprint density at radius 3 is 2.82 bits per heavy atom. The van der Waals surface area contributed by atoms with Crippen LogP contribution in [-0.4, -0.2) is 40.5 Å². The average molecular weight is 375 g/mol. The Morgan fingerprint density at radius 2 is 2.07 bits per heavy atom. The van der Waals surface area contributed by atoms with Crippen LogP contribution in [0.3, 0.4) is 0 Å². The van der Waals surface area contributed by atoms with Crippen LogP contribution < -0.4 is 0 Å². The van der Waals surface area contributed by atoms with Crippen LogP contribution in [0.25, 0.3) is 11.5 Å². The van der Waals surface area contributed by atoms with Gasteiger partial charge in [-0.15, -0.1) is 0 Å². The highest BCUT2D eigenvalue weighted by Gasteiger charge is 2.27. The number of fused-ring (bicyclic) bond motifs is 1. The minimum atomic E-state index is 0.0331. The first kappa shape index (κ1) is 17.1. The Hall–Kier alpha value is -2.99. The molecule has 2 aliphatic heterocycles. The van der Waals surface area contributed by atoms with Gasteiger partial charge >= 0.3 is 0 Å². The molecule has 1 amide bonds. The molecule has 1 unspecified atom stereocenters. The van der Waals surface area contributed by atoms with Crippen LogP contribution in [0.5, 0.6) is 0 Å². The Kier molecular flexibility index (Phi) is 4.41. The van der Waals surface area contributed by atoms with Gasteiger partial charge in [0.15, 0.2) is 0 Å². The first-order chi connectivity index (χ1) is 13.8. The largest absolute Gasteiger partial charge is 0.441 e. The van der Waals surface area contributed by atoms with Crippen molar-refractivity contribution < 1.29 is 13.9 Å². The number of pyridine rings is 1. The molecule has 2 aliphatic rings. The summed E-state index contributed by atoms with van der Waals surface area (Å²) >= 11 is 0. The summed E-state index contributed by atoms with van der Waals surface area (Å²) < 4.78 is 11.4. The summed E-state index contributed by atoms with van der Waals surface area (Å²) in [5.74, 6) is 1.91. The standard InChI is InChI=1S/C22H21N3O3/c26-22(16-5-3-15(4-6-16)18-8-11-27-14-18)25-10-7-20-19(13-25)24-21(28-20)17-2-1-9-23-12-17/h1-6,9,12,18H,7-8,10-11,13-14H2. The topological polar surface area (TPSA) is 68.5 Å². The molecule has 28 heavy (non-hydrogen) atoms. The van der Waals surface area contributed by atoms with E-state index in [0.29, 0.717) is 36.9 Å². The molecule has 6 heteroatoms. The van der Waals surface area contributed by atoms with Gasteiger partial charge in [-0.2, -0.15) is 0 Å². The summed E-state index contributed by atoms with van der Waals surface area (Å²) in [6.07, 6.45) is 5.17. The van der Waals surface area contributed by atoms with Crippen LogP contribution in [-0.2, 0) is 17.7 Å². The zero-order chi connectivity index (χ0) is 18.9. The molecule has 142 valence electrons. The molecule has 4 heterocycles. The molecule has 0 spiro atoms. The van der Waals surface area contributed by atoms with Gasteiger partial charge in [-0.3, -0.25) is 9.78 Å². The maximum Gasteiger partial charge on any atom is 0.254 e. The number of amides is 1. The van der Waals surface area contributed by atoms with Gasteiger partial charge in [-0.05, 0) is 36.2 Å². The Bertz CT molecular complexity index is 976. The number of benzene rings is 1. The van der Waals surface area contributed by atoms with Gasteiger partial charge in [0.05, 0.1) is 18.7 Å². The van der Waals surface area contributed by atoms with E-state index >= 15 is 0 Å². The zero-order valence-corrected chi connectivity index (χ0v) is 15.5. The number of oxazole rings is 1. The SMILES string of the molecule is O=C(c1ccc(C2CCOC2)cc1)N1CCc2oc(-c3cccnc3)nc2C1. The summed E-state index contributed by atoms with van der Waals surface area (Å²) in [6.45, 7) is 2.69. The molecule has 0 N–H and O–H groups in total. The number of hydrogen-bond acceptors (Lipinski definition) is 5. The van der Waals surface area contributed by atoms with E-state index in [-0.39, 0.29) is 5.91 Å². The van der Waals surface area contributed by atoms with E-state index in [1.54, 1.807) is 12.4 Å². The van der Waals surface area contributed by atoms with E-state index in [2.05, 4.69) is 22.1 Å². The van der Waals surface area contributed by atoms with Crippen molar-refractivity contribution >= 4 is 5.91 Å². The van der Waals surface area contributed by atoms with Gasteiger partial charge in [0.2, 0.25) is 5.89 Å². The van der Waals surface area contributed by atoms with E-state index in [9.17, 15) is 4.79 Å². The summed E-state index contributed by atoms with van der Waals surface area (Å²) in [5, 5.41) is 0. The number of aromatic nitrogens is 2. The molecule has 0 saturated carbocycles. The second-order valence-electron chi connectivity index (χ2n) is 7.29. The minimum Gasteiger partial charge on any atom is -0.441 e. The lowest BCUT2D eigenvalue weighted by Crippen LogP contribution is -2.35. The van der Waals surface area contributed by atoms with Crippen LogP contribution in [0.15, 0.2) is 53.2 Å². The molecule has 5 rings (SSSR count). The lowest BCUT2D eigenvalue weighted by Gasteiger charge is -2.25. The van der Waals surface area contributed by atoms with Crippen molar-refractivity contribution in [3.05, 3.63) is 71.4 Å². The van der Waals surface area contributed by atoms with Crippen LogP contribution in [0.4, 0.5) is 0 Å². The van der Waals surface area contributed by atoms with Crippen LogP contribution >= 0.6 is 0 Å². The van der Waals surface area contributed by atoms with Gasteiger partial charge in [0.25, 0.3) is 5.91 Å². The fraction of sp³-hybridized carbons (Fsp3) is 0.318. The molecule has 2 aromatic heterocycles. The third-order valence-electron chi connectivity index (χ3n) is 5.48. The van der Waals surface area contributed by atoms with Gasteiger partial charge in [0, 0.05) is 43.4 Å². The lowest BCUT2D eigenvalue weighted by molar-refractivity contribution is 0.0728. The molecular formula is C22H21N3O3. The zero-order valence-electron chi connectivity index (χ0n) is 15.5. The maximum atomic E-state index is 13.0. The number of rotatable bonds is 3. The van der Waals surface area contributed by atoms with Gasteiger partial charge < -0.3 is 14.1 Å². The molecule has 1 saturated heterocycles. The fourth-order valence-electron chi connectivity index (χ4n) is 3.86. The summed E-state index contributed by atoms with van der Waals surface area (Å²) in [6, 6.07) is 11.7. The molecule has 1 aromatic carbocycles. The van der Waals surface area contributed by atoms with Crippen LogP contribution in [0.1, 0.15) is 39.7 Å². The van der Waals surface area contributed by atoms with Crippen molar-refractivity contribution in [2.75, 3.05) is 19.8 Å². The third kappa shape index (κ3) is 3.20. The Balaban J connectivity index is 1.31. The van der Waals surface area contributed by atoms with Crippen LogP contribution in [0.2, 0.25) is 0 Å². The summed E-state index contributed by atoms with van der Waals surface area (Å²) in [5.41, 5.74) is 3.63. The van der Waals surface area contributed by atoms with Crippen molar-refractivity contribution in [2.45, 2.75) is 25.3 Å². The second-order valence-corrected chi connectivity index (χ2v) is 7.29. The number of nitrogens with zero attached hydrogens (tertiary/aromatic N) is 3. The van der Waals surface area contributed by atoms with Gasteiger partial charge in [-0.25, -0.2) is 4.98 Å². The lowest BCUT2D eigenvalue weighted by atomic mass is 9.97. The monoisotopic (exact) mass is 375 g/mol. The van der Waals surface area contributed by atoms with Crippen molar-refractivity contribution in [3.63, 3.8) is 0 Å². The third-order valence-corrected chi connectivity index (χ3v) is 5.48. The Labute approximate surface area is 163 Å². The number of hydrogen-bond donors (Lipinski definition) is 0. The van der Waals surface area contributed by atoms with Crippen LogP contribution in [0, 0.1) is 0 Å². The molecule has 0 bridgehead atoms. The molecule has 1 fully saturated rings. The smallest absolute Gasteiger partial charge is 0.254 e. The summed E-state index contributed by atoms with van der Waals surface area (Å²) in [7, 11) is 0. The van der Waals surface area contributed by atoms with E-state index in [1.807, 2.05) is 29.2 Å². The maximum absolute atomic E-state index is 13.0. The first-order valence-corrected chi connectivity index (χ1v) is 9.64. The van der Waals surface area contributed by atoms with Crippen molar-refractivity contribution in [2.24, 2.45) is 0 Å². The fourth-order valence-corrected chi connectivity index (χ4v) is 3.86. The van der Waals surface area contributed by atoms with E-state index in [0.717, 1.165) is 36.7 Å². The molecular weight excluding hydrogens is 354 g/mol. The quantitative estimate of drug-likeness (QED) is 0.701. The number of carbonyl (C=O) groups is 1. The van der Waals surface area contributed by atoms with E-state index in [1.165, 1.54) is 5.56 Å². The average Bonchev–Trinajstić information content (AvgIpc) is 3.43. The molecule has 1 atom stereocenters. The predicted octanol–water partition coefficient (Wildman–Crippen LogP) is 3.44. The highest BCUT2D eigenvalue weighted by Crippen LogP contribution is 2.28. The van der Waals surface area contributed by atoms with E-state index < -0.39 is 0 Å². The van der Waals surface area contributed by atoms with Gasteiger partial charge in [0.1, 0.15) is 11.5 Å². The second kappa shape index (κ2) is 7.20. The normalized spacial score (nSPS) is 18.9. The highest BCUT2D eigenvalue weighted by atomic mass is 16.5. The van der Waals surface area contributed by atoms with Crippen molar-refractivity contribution in [1.29, 1.82) is 0 Å². The molecule has 0 radical (unpaired) electrons. The summed E-state index contributed by atoms with van der Waals surface area (Å²) in [4.78, 5) is 23.5. The molecule has 0 aliphatic carbocycles. The van der Waals surface area contributed by atoms with Crippen molar-refractivity contribution in [3.8, 4) is 11.5 Å². The van der Waals surface area contributed by atoms with E-state index in [4.69, 9.17) is 9.15 Å². The number of ether oxygens (including phenoxy) is 1. The predicted molar refractivity (Wildman–Crippen MR) is 103 cm³/mol. The molecule has 6 nitrogen and oxygen atoms in total.